The van der Waals surface area contributed by atoms with E-state index in [-0.39, 0.29) is 19.0 Å². The van der Waals surface area contributed by atoms with E-state index in [4.69, 9.17) is 10.5 Å². The maximum atomic E-state index is 12.0. The smallest absolute Gasteiger partial charge is 0.417 e. The summed E-state index contributed by atoms with van der Waals surface area (Å²) in [5.41, 5.74) is 4.51. The van der Waals surface area contributed by atoms with Crippen molar-refractivity contribution in [2.75, 3.05) is 13.1 Å². The number of carbonyl (C=O) groups is 2. The van der Waals surface area contributed by atoms with Crippen LogP contribution in [0.15, 0.2) is 0 Å². The summed E-state index contributed by atoms with van der Waals surface area (Å²) in [6.07, 6.45) is 3.83. The van der Waals surface area contributed by atoms with Gasteiger partial charge in [-0.3, -0.25) is 4.79 Å². The molecule has 0 radical (unpaired) electrons. The molecule has 0 aromatic rings. The third-order valence-corrected chi connectivity index (χ3v) is 3.15. The van der Waals surface area contributed by atoms with Gasteiger partial charge >= 0.3 is 6.09 Å². The number of imide groups is 1. The number of amides is 2. The molecule has 0 aromatic heterocycles. The van der Waals surface area contributed by atoms with Crippen molar-refractivity contribution in [1.82, 2.24) is 4.90 Å². The van der Waals surface area contributed by atoms with Crippen LogP contribution in [0.4, 0.5) is 4.79 Å². The topological polar surface area (TPSA) is 72.6 Å². The van der Waals surface area contributed by atoms with Gasteiger partial charge in [0.2, 0.25) is 0 Å². The lowest BCUT2D eigenvalue weighted by Crippen LogP contribution is -2.43. The van der Waals surface area contributed by atoms with Crippen LogP contribution in [0.1, 0.15) is 32.1 Å². The molecule has 1 saturated heterocycles. The zero-order chi connectivity index (χ0) is 10.9. The fourth-order valence-corrected chi connectivity index (χ4v) is 2.36. The van der Waals surface area contributed by atoms with Crippen LogP contribution in [0.2, 0.25) is 0 Å². The number of hydrogen-bond donors (Lipinski definition) is 1. The molecule has 1 spiro atoms. The Labute approximate surface area is 88.5 Å². The zero-order valence-corrected chi connectivity index (χ0v) is 8.70. The van der Waals surface area contributed by atoms with Crippen molar-refractivity contribution in [1.29, 1.82) is 0 Å². The Balaban J connectivity index is 2.15. The van der Waals surface area contributed by atoms with Crippen molar-refractivity contribution >= 4 is 12.0 Å². The zero-order valence-electron chi connectivity index (χ0n) is 8.70. The predicted molar refractivity (Wildman–Crippen MR) is 53.1 cm³/mol. The van der Waals surface area contributed by atoms with E-state index in [1.54, 1.807) is 0 Å². The molecule has 2 rings (SSSR count). The summed E-state index contributed by atoms with van der Waals surface area (Å²) in [5.74, 6) is -0.183. The molecule has 15 heavy (non-hydrogen) atoms. The summed E-state index contributed by atoms with van der Waals surface area (Å²) in [6, 6.07) is 0. The number of rotatable bonds is 2. The van der Waals surface area contributed by atoms with Gasteiger partial charge in [0.05, 0.1) is 0 Å². The van der Waals surface area contributed by atoms with Gasteiger partial charge in [-0.05, 0) is 25.7 Å². The van der Waals surface area contributed by atoms with Crippen LogP contribution < -0.4 is 5.73 Å². The third kappa shape index (κ3) is 1.61. The molecule has 2 fully saturated rings. The van der Waals surface area contributed by atoms with Gasteiger partial charge in [-0.25, -0.2) is 9.69 Å². The Morgan fingerprint density at radius 1 is 1.27 bits per heavy atom. The summed E-state index contributed by atoms with van der Waals surface area (Å²) < 4.78 is 5.25. The van der Waals surface area contributed by atoms with Gasteiger partial charge in [-0.2, -0.15) is 0 Å². The maximum Gasteiger partial charge on any atom is 0.417 e. The SMILES string of the molecule is NCCN1C(=O)OC2(CCCCC2)C1=O. The van der Waals surface area contributed by atoms with E-state index >= 15 is 0 Å². The predicted octanol–water partition coefficient (Wildman–Crippen LogP) is 0.627. The van der Waals surface area contributed by atoms with Gasteiger partial charge in [0.15, 0.2) is 5.60 Å². The van der Waals surface area contributed by atoms with E-state index in [0.29, 0.717) is 12.8 Å². The van der Waals surface area contributed by atoms with Crippen LogP contribution in [0, 0.1) is 0 Å². The molecule has 5 heteroatoms. The highest BCUT2D eigenvalue weighted by Crippen LogP contribution is 2.37. The molecule has 2 N–H and O–H groups in total. The molecule has 0 unspecified atom stereocenters. The maximum absolute atomic E-state index is 12.0. The van der Waals surface area contributed by atoms with Crippen molar-refractivity contribution in [2.24, 2.45) is 5.73 Å². The molecule has 0 aromatic carbocycles. The number of hydrogen-bond acceptors (Lipinski definition) is 4. The fourth-order valence-electron chi connectivity index (χ4n) is 2.36. The van der Waals surface area contributed by atoms with Crippen LogP contribution in [0.3, 0.4) is 0 Å². The molecule has 2 aliphatic rings. The van der Waals surface area contributed by atoms with E-state index in [0.717, 1.165) is 24.2 Å². The third-order valence-electron chi connectivity index (χ3n) is 3.15. The minimum Gasteiger partial charge on any atom is -0.432 e. The quantitative estimate of drug-likeness (QED) is 0.728. The number of nitrogens with zero attached hydrogens (tertiary/aromatic N) is 1. The van der Waals surface area contributed by atoms with E-state index < -0.39 is 11.7 Å². The normalized spacial score (nSPS) is 24.7. The number of ether oxygens (including phenoxy) is 1. The Bertz CT molecular complexity index is 284. The summed E-state index contributed by atoms with van der Waals surface area (Å²) in [4.78, 5) is 24.6. The van der Waals surface area contributed by atoms with Crippen molar-refractivity contribution in [3.63, 3.8) is 0 Å². The molecule has 1 saturated carbocycles. The Morgan fingerprint density at radius 2 is 1.93 bits per heavy atom. The Morgan fingerprint density at radius 3 is 2.53 bits per heavy atom. The first-order valence-corrected chi connectivity index (χ1v) is 5.45. The van der Waals surface area contributed by atoms with Gasteiger partial charge in [0, 0.05) is 13.1 Å². The van der Waals surface area contributed by atoms with Gasteiger partial charge in [0.25, 0.3) is 5.91 Å². The lowest BCUT2D eigenvalue weighted by Gasteiger charge is -2.28. The molecular weight excluding hydrogens is 196 g/mol. The van der Waals surface area contributed by atoms with Crippen molar-refractivity contribution < 1.29 is 14.3 Å². The van der Waals surface area contributed by atoms with Gasteiger partial charge in [-0.15, -0.1) is 0 Å². The van der Waals surface area contributed by atoms with Crippen LogP contribution in [-0.2, 0) is 9.53 Å². The molecule has 1 heterocycles. The second-order valence-electron chi connectivity index (χ2n) is 4.17. The molecule has 84 valence electrons. The summed E-state index contributed by atoms with van der Waals surface area (Å²) in [5, 5.41) is 0. The van der Waals surface area contributed by atoms with Crippen LogP contribution in [0.5, 0.6) is 0 Å². The number of carbonyl (C=O) groups excluding carboxylic acids is 2. The highest BCUT2D eigenvalue weighted by Gasteiger charge is 2.53. The summed E-state index contributed by atoms with van der Waals surface area (Å²) in [6.45, 7) is 0.552. The lowest BCUT2D eigenvalue weighted by atomic mass is 9.84. The molecular formula is C10H16N2O3. The second-order valence-corrected chi connectivity index (χ2v) is 4.17. The minimum absolute atomic E-state index is 0.183. The largest absolute Gasteiger partial charge is 0.432 e. The minimum atomic E-state index is -0.843. The van der Waals surface area contributed by atoms with Crippen molar-refractivity contribution in [3.8, 4) is 0 Å². The van der Waals surface area contributed by atoms with Crippen LogP contribution in [0.25, 0.3) is 0 Å². The monoisotopic (exact) mass is 212 g/mol. The Hall–Kier alpha value is -1.10. The van der Waals surface area contributed by atoms with E-state index in [2.05, 4.69) is 0 Å². The van der Waals surface area contributed by atoms with E-state index in [9.17, 15) is 9.59 Å². The summed E-state index contributed by atoms with van der Waals surface area (Å²) >= 11 is 0. The molecule has 2 amide bonds. The molecule has 1 aliphatic heterocycles. The standard InChI is InChI=1S/C10H16N2O3/c11-6-7-12-8(13)10(15-9(12)14)4-2-1-3-5-10/h1-7,11H2. The highest BCUT2D eigenvalue weighted by molar-refractivity contribution is 6.02. The van der Waals surface area contributed by atoms with Gasteiger partial charge in [0.1, 0.15) is 0 Å². The second kappa shape index (κ2) is 3.81. The molecule has 0 atom stereocenters. The first-order valence-electron chi connectivity index (χ1n) is 5.45. The lowest BCUT2D eigenvalue weighted by molar-refractivity contribution is -0.139. The van der Waals surface area contributed by atoms with E-state index in [1.807, 2.05) is 0 Å². The van der Waals surface area contributed by atoms with Crippen molar-refractivity contribution in [2.45, 2.75) is 37.7 Å². The highest BCUT2D eigenvalue weighted by atomic mass is 16.6. The van der Waals surface area contributed by atoms with Gasteiger partial charge < -0.3 is 10.5 Å². The summed E-state index contributed by atoms with van der Waals surface area (Å²) in [7, 11) is 0. The molecule has 5 nitrogen and oxygen atoms in total. The first kappa shape index (κ1) is 10.4. The fraction of sp³-hybridized carbons (Fsp3) is 0.800. The number of nitrogens with two attached hydrogens (primary N) is 1. The van der Waals surface area contributed by atoms with Crippen LogP contribution in [-0.4, -0.2) is 35.6 Å². The van der Waals surface area contributed by atoms with Crippen molar-refractivity contribution in [3.05, 3.63) is 0 Å². The average Bonchev–Trinajstić information content (AvgIpc) is 2.45. The van der Waals surface area contributed by atoms with E-state index in [1.165, 1.54) is 0 Å². The molecule has 0 bridgehead atoms. The first-order chi connectivity index (χ1) is 7.19. The molecule has 1 aliphatic carbocycles. The van der Waals surface area contributed by atoms with Gasteiger partial charge in [-0.1, -0.05) is 6.42 Å². The van der Waals surface area contributed by atoms with Crippen LogP contribution >= 0.6 is 0 Å². The average molecular weight is 212 g/mol. The Kier molecular flexibility index (Phi) is 2.65.